The lowest BCUT2D eigenvalue weighted by Gasteiger charge is -2.26. The predicted molar refractivity (Wildman–Crippen MR) is 67.6 cm³/mol. The van der Waals surface area contributed by atoms with Gasteiger partial charge in [0.1, 0.15) is 12.6 Å². The van der Waals surface area contributed by atoms with Crippen molar-refractivity contribution in [2.45, 2.75) is 31.0 Å². The molecule has 108 valence electrons. The molecule has 1 N–H and O–H groups in total. The van der Waals surface area contributed by atoms with E-state index < -0.39 is 24.7 Å². The molecule has 2 heterocycles. The number of hydrogen-bond donors (Lipinski definition) is 1. The molecule has 0 fully saturated rings. The van der Waals surface area contributed by atoms with Crippen molar-refractivity contribution >= 4 is 12.1 Å². The van der Waals surface area contributed by atoms with Crippen LogP contribution in [0.4, 0.5) is 13.2 Å². The maximum atomic E-state index is 12.1. The van der Waals surface area contributed by atoms with Gasteiger partial charge in [-0.3, -0.25) is 14.8 Å². The molecule has 2 atom stereocenters. The highest BCUT2D eigenvalue weighted by Crippen LogP contribution is 2.29. The van der Waals surface area contributed by atoms with Crippen molar-refractivity contribution in [2.24, 2.45) is 4.99 Å². The van der Waals surface area contributed by atoms with E-state index in [0.717, 1.165) is 5.56 Å². The molecular weight excluding hydrogens is 271 g/mol. The van der Waals surface area contributed by atoms with Gasteiger partial charge >= 0.3 is 6.18 Å². The van der Waals surface area contributed by atoms with Gasteiger partial charge in [-0.15, -0.1) is 0 Å². The highest BCUT2D eigenvalue weighted by molar-refractivity contribution is 5.85. The van der Waals surface area contributed by atoms with Crippen molar-refractivity contribution < 1.29 is 18.0 Å². The summed E-state index contributed by atoms with van der Waals surface area (Å²) in [6.07, 6.45) is 1.75. The number of carbonyl (C=O) groups excluding carboxylic acids is 1. The molecule has 0 saturated heterocycles. The van der Waals surface area contributed by atoms with Crippen LogP contribution >= 0.6 is 0 Å². The average molecular weight is 285 g/mol. The fourth-order valence-corrected chi connectivity index (χ4v) is 2.21. The minimum Gasteiger partial charge on any atom is -0.345 e. The van der Waals surface area contributed by atoms with Crippen molar-refractivity contribution in [1.29, 1.82) is 0 Å². The van der Waals surface area contributed by atoms with Crippen LogP contribution in [0.2, 0.25) is 0 Å². The largest absolute Gasteiger partial charge is 0.405 e. The summed E-state index contributed by atoms with van der Waals surface area (Å²) in [4.78, 5) is 19.8. The summed E-state index contributed by atoms with van der Waals surface area (Å²) >= 11 is 0. The Balaban J connectivity index is 2.09. The number of carbonyl (C=O) groups is 1. The summed E-state index contributed by atoms with van der Waals surface area (Å²) in [5.74, 6) is -0.906. The van der Waals surface area contributed by atoms with E-state index in [1.807, 2.05) is 5.32 Å². The van der Waals surface area contributed by atoms with Gasteiger partial charge in [0.05, 0.1) is 0 Å². The summed E-state index contributed by atoms with van der Waals surface area (Å²) in [6, 6.07) is 2.71. The molecule has 20 heavy (non-hydrogen) atoms. The molecule has 0 aromatic carbocycles. The lowest BCUT2D eigenvalue weighted by Crippen LogP contribution is -2.42. The smallest absolute Gasteiger partial charge is 0.345 e. The van der Waals surface area contributed by atoms with Crippen LogP contribution in [0.3, 0.4) is 0 Å². The normalized spacial score (nSPS) is 22.6. The van der Waals surface area contributed by atoms with Crippen LogP contribution in [0.15, 0.2) is 29.5 Å². The molecule has 1 amide bonds. The van der Waals surface area contributed by atoms with Gasteiger partial charge in [0.25, 0.3) is 0 Å². The van der Waals surface area contributed by atoms with E-state index in [1.165, 1.54) is 0 Å². The van der Waals surface area contributed by atoms with E-state index in [0.29, 0.717) is 12.8 Å². The average Bonchev–Trinajstić information content (AvgIpc) is 2.45. The number of aromatic nitrogens is 1. The van der Waals surface area contributed by atoms with Gasteiger partial charge in [0.15, 0.2) is 0 Å². The highest BCUT2D eigenvalue weighted by atomic mass is 19.4. The summed E-state index contributed by atoms with van der Waals surface area (Å²) in [5, 5.41) is 1.90. The van der Waals surface area contributed by atoms with Gasteiger partial charge in [0, 0.05) is 18.3 Å². The first-order chi connectivity index (χ1) is 9.47. The summed E-state index contributed by atoms with van der Waals surface area (Å²) < 4.78 is 36.4. The standard InChI is InChI=1S/C13H14F3N3O/c14-13(15,16)8-19-12(20)11-10(2-1-5-18-11)9-3-6-17-7-4-9/h3-7,10-11H,1-2,8H2,(H,19,20). The van der Waals surface area contributed by atoms with Crippen molar-refractivity contribution in [1.82, 2.24) is 10.3 Å². The number of hydrogen-bond acceptors (Lipinski definition) is 3. The molecule has 0 spiro atoms. The van der Waals surface area contributed by atoms with Crippen LogP contribution in [0.25, 0.3) is 0 Å². The minimum absolute atomic E-state index is 0.212. The van der Waals surface area contributed by atoms with E-state index in [1.54, 1.807) is 30.7 Å². The number of aliphatic imine (C=N–C) groups is 1. The second kappa shape index (κ2) is 6.02. The number of rotatable bonds is 3. The Kier molecular flexibility index (Phi) is 4.36. The number of alkyl halides is 3. The van der Waals surface area contributed by atoms with Crippen molar-refractivity contribution in [3.63, 3.8) is 0 Å². The Morgan fingerprint density at radius 2 is 2.05 bits per heavy atom. The first-order valence-corrected chi connectivity index (χ1v) is 6.23. The second-order valence-corrected chi connectivity index (χ2v) is 4.57. The molecule has 0 radical (unpaired) electrons. The molecule has 1 aromatic heterocycles. The molecule has 2 rings (SSSR count). The number of halogens is 3. The van der Waals surface area contributed by atoms with Crippen molar-refractivity contribution in [3.05, 3.63) is 30.1 Å². The van der Waals surface area contributed by atoms with Gasteiger partial charge in [-0.1, -0.05) is 0 Å². The quantitative estimate of drug-likeness (QED) is 0.924. The first kappa shape index (κ1) is 14.5. The molecule has 1 aliphatic heterocycles. The Morgan fingerprint density at radius 3 is 2.70 bits per heavy atom. The van der Waals surface area contributed by atoms with Gasteiger partial charge in [-0.05, 0) is 36.8 Å². The van der Waals surface area contributed by atoms with Gasteiger partial charge in [0.2, 0.25) is 5.91 Å². The van der Waals surface area contributed by atoms with Crippen LogP contribution < -0.4 is 5.32 Å². The molecule has 4 nitrogen and oxygen atoms in total. The van der Waals surface area contributed by atoms with E-state index in [2.05, 4.69) is 9.98 Å². The summed E-state index contributed by atoms with van der Waals surface area (Å²) in [6.45, 7) is -1.33. The fraction of sp³-hybridized carbons (Fsp3) is 0.462. The first-order valence-electron chi connectivity index (χ1n) is 6.23. The van der Waals surface area contributed by atoms with Crippen LogP contribution in [0.1, 0.15) is 24.3 Å². The topological polar surface area (TPSA) is 54.4 Å². The second-order valence-electron chi connectivity index (χ2n) is 4.57. The third-order valence-corrected chi connectivity index (χ3v) is 3.12. The van der Waals surface area contributed by atoms with Gasteiger partial charge in [-0.25, -0.2) is 0 Å². The fourth-order valence-electron chi connectivity index (χ4n) is 2.21. The third-order valence-electron chi connectivity index (χ3n) is 3.12. The summed E-state index contributed by atoms with van der Waals surface area (Å²) in [5.41, 5.74) is 0.865. The summed E-state index contributed by atoms with van der Waals surface area (Å²) in [7, 11) is 0. The molecule has 1 aliphatic rings. The lowest BCUT2D eigenvalue weighted by atomic mass is 9.86. The zero-order chi connectivity index (χ0) is 14.6. The van der Waals surface area contributed by atoms with Crippen molar-refractivity contribution in [3.8, 4) is 0 Å². The van der Waals surface area contributed by atoms with Gasteiger partial charge in [-0.2, -0.15) is 13.2 Å². The SMILES string of the molecule is O=C(NCC(F)(F)F)C1N=CCCC1c1ccncc1. The lowest BCUT2D eigenvalue weighted by molar-refractivity contribution is -0.139. The predicted octanol–water partition coefficient (Wildman–Crippen LogP) is 2.08. The van der Waals surface area contributed by atoms with E-state index in [9.17, 15) is 18.0 Å². The Labute approximate surface area is 114 Å². The zero-order valence-corrected chi connectivity index (χ0v) is 10.6. The maximum Gasteiger partial charge on any atom is 0.405 e. The van der Waals surface area contributed by atoms with E-state index >= 15 is 0 Å². The molecule has 7 heteroatoms. The van der Waals surface area contributed by atoms with E-state index in [-0.39, 0.29) is 5.92 Å². The number of pyridine rings is 1. The van der Waals surface area contributed by atoms with E-state index in [4.69, 9.17) is 0 Å². The molecule has 0 saturated carbocycles. The van der Waals surface area contributed by atoms with Gasteiger partial charge < -0.3 is 5.32 Å². The van der Waals surface area contributed by atoms with Crippen LogP contribution in [0.5, 0.6) is 0 Å². The molecule has 0 aliphatic carbocycles. The zero-order valence-electron chi connectivity index (χ0n) is 10.6. The van der Waals surface area contributed by atoms with Crippen molar-refractivity contribution in [2.75, 3.05) is 6.54 Å². The number of amides is 1. The molecule has 0 bridgehead atoms. The van der Waals surface area contributed by atoms with Crippen LogP contribution in [-0.2, 0) is 4.79 Å². The Bertz CT molecular complexity index is 487. The number of nitrogens with one attached hydrogen (secondary N) is 1. The van der Waals surface area contributed by atoms with Crippen LogP contribution in [0, 0.1) is 0 Å². The Hall–Kier alpha value is -1.92. The molecular formula is C13H14F3N3O. The highest BCUT2D eigenvalue weighted by Gasteiger charge is 2.33. The maximum absolute atomic E-state index is 12.1. The van der Waals surface area contributed by atoms with Crippen LogP contribution in [-0.4, -0.2) is 35.9 Å². The monoisotopic (exact) mass is 285 g/mol. The molecule has 1 aromatic rings. The molecule has 2 unspecified atom stereocenters. The Morgan fingerprint density at radius 1 is 1.35 bits per heavy atom. The third kappa shape index (κ3) is 3.79. The minimum atomic E-state index is -4.42. The number of nitrogens with zero attached hydrogens (tertiary/aromatic N) is 2.